The van der Waals surface area contributed by atoms with Crippen molar-refractivity contribution in [1.82, 2.24) is 10.6 Å². The average Bonchev–Trinajstić information content (AvgIpc) is 2.78. The molecule has 0 bridgehead atoms. The fourth-order valence-corrected chi connectivity index (χ4v) is 1.97. The highest BCUT2D eigenvalue weighted by Crippen LogP contribution is 2.23. The summed E-state index contributed by atoms with van der Waals surface area (Å²) in [5.41, 5.74) is 3.14. The van der Waals surface area contributed by atoms with E-state index in [1.54, 1.807) is 6.07 Å². The van der Waals surface area contributed by atoms with Crippen molar-refractivity contribution in [2.45, 2.75) is 20.3 Å². The van der Waals surface area contributed by atoms with Gasteiger partial charge in [0.1, 0.15) is 5.58 Å². The maximum atomic E-state index is 11.9. The first-order chi connectivity index (χ1) is 9.11. The van der Waals surface area contributed by atoms with Gasteiger partial charge < -0.3 is 15.1 Å². The molecule has 4 heteroatoms. The molecule has 0 radical (unpaired) electrons. The third-order valence-electron chi connectivity index (χ3n) is 3.25. The van der Waals surface area contributed by atoms with Gasteiger partial charge in [0.15, 0.2) is 5.76 Å². The van der Waals surface area contributed by atoms with Gasteiger partial charge in [-0.25, -0.2) is 0 Å². The molecule has 0 aliphatic carbocycles. The lowest BCUT2D eigenvalue weighted by Crippen LogP contribution is -2.26. The number of nitrogens with one attached hydrogen (secondary N) is 2. The first-order valence-electron chi connectivity index (χ1n) is 6.55. The molecule has 1 heterocycles. The Balaban J connectivity index is 2.10. The van der Waals surface area contributed by atoms with E-state index < -0.39 is 0 Å². The number of hydrogen-bond acceptors (Lipinski definition) is 3. The molecular weight excluding hydrogens is 240 g/mol. The summed E-state index contributed by atoms with van der Waals surface area (Å²) < 4.78 is 5.60. The zero-order valence-corrected chi connectivity index (χ0v) is 11.7. The first kappa shape index (κ1) is 13.6. The largest absolute Gasteiger partial charge is 0.451 e. The van der Waals surface area contributed by atoms with E-state index in [0.29, 0.717) is 12.3 Å². The van der Waals surface area contributed by atoms with Gasteiger partial charge in [-0.15, -0.1) is 0 Å². The molecule has 0 aliphatic rings. The Morgan fingerprint density at radius 3 is 2.63 bits per heavy atom. The van der Waals surface area contributed by atoms with E-state index >= 15 is 0 Å². The molecule has 0 atom stereocenters. The molecule has 0 saturated heterocycles. The quantitative estimate of drug-likeness (QED) is 0.812. The Morgan fingerprint density at radius 2 is 1.89 bits per heavy atom. The van der Waals surface area contributed by atoms with Crippen LogP contribution in [-0.4, -0.2) is 26.0 Å². The number of benzene rings is 1. The molecule has 2 N–H and O–H groups in total. The highest BCUT2D eigenvalue weighted by molar-refractivity contribution is 5.96. The predicted molar refractivity (Wildman–Crippen MR) is 76.6 cm³/mol. The number of hydrogen-bond donors (Lipinski definition) is 2. The van der Waals surface area contributed by atoms with Crippen LogP contribution in [0.1, 0.15) is 28.1 Å². The molecule has 2 aromatic rings. The number of furan rings is 1. The maximum Gasteiger partial charge on any atom is 0.287 e. The summed E-state index contributed by atoms with van der Waals surface area (Å²) in [6.45, 7) is 5.63. The fraction of sp³-hybridized carbons (Fsp3) is 0.400. The number of rotatable bonds is 5. The Kier molecular flexibility index (Phi) is 4.22. The van der Waals surface area contributed by atoms with Gasteiger partial charge in [0.2, 0.25) is 0 Å². The van der Waals surface area contributed by atoms with Crippen molar-refractivity contribution < 1.29 is 9.21 Å². The van der Waals surface area contributed by atoms with E-state index in [2.05, 4.69) is 17.6 Å². The van der Waals surface area contributed by atoms with E-state index in [9.17, 15) is 4.79 Å². The number of carbonyl (C=O) groups excluding carboxylic acids is 1. The smallest absolute Gasteiger partial charge is 0.287 e. The molecule has 4 nitrogen and oxygen atoms in total. The summed E-state index contributed by atoms with van der Waals surface area (Å²) in [5.74, 6) is 0.229. The molecule has 0 fully saturated rings. The second-order valence-corrected chi connectivity index (χ2v) is 4.80. The fourth-order valence-electron chi connectivity index (χ4n) is 1.97. The van der Waals surface area contributed by atoms with E-state index in [1.165, 1.54) is 11.1 Å². The number of aryl methyl sites for hydroxylation is 2. The van der Waals surface area contributed by atoms with Crippen LogP contribution >= 0.6 is 0 Å². The minimum absolute atomic E-state index is 0.150. The third kappa shape index (κ3) is 3.15. The SMILES string of the molecule is CNCCCNC(=O)c1cc2cc(C)c(C)cc2o1. The lowest BCUT2D eigenvalue weighted by molar-refractivity contribution is 0.0928. The van der Waals surface area contributed by atoms with Crippen LogP contribution in [0.2, 0.25) is 0 Å². The van der Waals surface area contributed by atoms with Crippen LogP contribution in [-0.2, 0) is 0 Å². The van der Waals surface area contributed by atoms with Crippen molar-refractivity contribution in [3.63, 3.8) is 0 Å². The zero-order valence-electron chi connectivity index (χ0n) is 11.7. The van der Waals surface area contributed by atoms with Crippen molar-refractivity contribution >= 4 is 16.9 Å². The second-order valence-electron chi connectivity index (χ2n) is 4.80. The van der Waals surface area contributed by atoms with Crippen molar-refractivity contribution in [3.05, 3.63) is 35.1 Å². The topological polar surface area (TPSA) is 54.3 Å². The molecule has 19 heavy (non-hydrogen) atoms. The minimum atomic E-state index is -0.150. The monoisotopic (exact) mass is 260 g/mol. The summed E-state index contributed by atoms with van der Waals surface area (Å²) in [5, 5.41) is 6.87. The molecular formula is C15H20N2O2. The van der Waals surface area contributed by atoms with Crippen LogP contribution < -0.4 is 10.6 Å². The van der Waals surface area contributed by atoms with Crippen LogP contribution in [0.25, 0.3) is 11.0 Å². The normalized spacial score (nSPS) is 10.9. The lowest BCUT2D eigenvalue weighted by atomic mass is 10.1. The van der Waals surface area contributed by atoms with Gasteiger partial charge in [-0.3, -0.25) is 4.79 Å². The first-order valence-corrected chi connectivity index (χ1v) is 6.55. The highest BCUT2D eigenvalue weighted by Gasteiger charge is 2.12. The van der Waals surface area contributed by atoms with E-state index in [0.717, 1.165) is 23.9 Å². The van der Waals surface area contributed by atoms with Gasteiger partial charge in [0.05, 0.1) is 0 Å². The molecule has 2 rings (SSSR count). The molecule has 0 saturated carbocycles. The number of carbonyl (C=O) groups is 1. The average molecular weight is 260 g/mol. The van der Waals surface area contributed by atoms with E-state index in [4.69, 9.17) is 4.42 Å². The van der Waals surface area contributed by atoms with E-state index in [1.807, 2.05) is 26.1 Å². The maximum absolute atomic E-state index is 11.9. The van der Waals surface area contributed by atoms with Gasteiger partial charge in [-0.2, -0.15) is 0 Å². The van der Waals surface area contributed by atoms with Crippen LogP contribution in [0.15, 0.2) is 22.6 Å². The summed E-state index contributed by atoms with van der Waals surface area (Å²) in [7, 11) is 1.89. The molecule has 0 spiro atoms. The second kappa shape index (κ2) is 5.89. The van der Waals surface area contributed by atoms with Gasteiger partial charge in [0, 0.05) is 11.9 Å². The van der Waals surface area contributed by atoms with Gasteiger partial charge in [-0.05, 0) is 63.2 Å². The Hall–Kier alpha value is -1.81. The zero-order chi connectivity index (χ0) is 13.8. The van der Waals surface area contributed by atoms with Crippen molar-refractivity contribution in [2.75, 3.05) is 20.1 Å². The third-order valence-corrected chi connectivity index (χ3v) is 3.25. The molecule has 1 aromatic carbocycles. The Bertz CT molecular complexity index is 548. The van der Waals surface area contributed by atoms with Gasteiger partial charge >= 0.3 is 0 Å². The summed E-state index contributed by atoms with van der Waals surface area (Å²) >= 11 is 0. The molecule has 0 unspecified atom stereocenters. The van der Waals surface area contributed by atoms with E-state index in [-0.39, 0.29) is 5.91 Å². The lowest BCUT2D eigenvalue weighted by Gasteiger charge is -2.01. The van der Waals surface area contributed by atoms with Crippen LogP contribution in [0, 0.1) is 13.8 Å². The molecule has 1 amide bonds. The van der Waals surface area contributed by atoms with Crippen molar-refractivity contribution in [3.8, 4) is 0 Å². The van der Waals surface area contributed by atoms with Crippen molar-refractivity contribution in [1.29, 1.82) is 0 Å². The van der Waals surface area contributed by atoms with Crippen LogP contribution in [0.3, 0.4) is 0 Å². The summed E-state index contributed by atoms with van der Waals surface area (Å²) in [6, 6.07) is 5.82. The Labute approximate surface area is 113 Å². The van der Waals surface area contributed by atoms with Crippen LogP contribution in [0.4, 0.5) is 0 Å². The highest BCUT2D eigenvalue weighted by atomic mass is 16.3. The standard InChI is InChI=1S/C15H20N2O2/c1-10-7-12-9-14(19-13(12)8-11(10)2)15(18)17-6-4-5-16-3/h7-9,16H,4-6H2,1-3H3,(H,17,18). The molecule has 0 aliphatic heterocycles. The number of fused-ring (bicyclic) bond motifs is 1. The van der Waals surface area contributed by atoms with Gasteiger partial charge in [-0.1, -0.05) is 0 Å². The van der Waals surface area contributed by atoms with Crippen LogP contribution in [0.5, 0.6) is 0 Å². The minimum Gasteiger partial charge on any atom is -0.451 e. The summed E-state index contributed by atoms with van der Waals surface area (Å²) in [6.07, 6.45) is 0.903. The molecule has 1 aromatic heterocycles. The number of amides is 1. The molecule has 102 valence electrons. The van der Waals surface area contributed by atoms with Gasteiger partial charge in [0.25, 0.3) is 5.91 Å². The predicted octanol–water partition coefficient (Wildman–Crippen LogP) is 2.39. The Morgan fingerprint density at radius 1 is 1.16 bits per heavy atom. The summed E-state index contributed by atoms with van der Waals surface area (Å²) in [4.78, 5) is 11.9. The van der Waals surface area contributed by atoms with Crippen molar-refractivity contribution in [2.24, 2.45) is 0 Å².